The summed E-state index contributed by atoms with van der Waals surface area (Å²) in [6.07, 6.45) is -2.16. The molecule has 0 aliphatic carbocycles. The number of sulfonamides is 1. The normalized spacial score (nSPS) is 19.4. The molecule has 1 amide bonds. The number of aliphatic hydroxyl groups is 1. The number of aliphatic hydroxyl groups excluding tert-OH is 1. The predicted molar refractivity (Wildman–Crippen MR) is 144 cm³/mol. The van der Waals surface area contributed by atoms with Crippen LogP contribution in [-0.4, -0.2) is 74.8 Å². The molecule has 0 spiro atoms. The van der Waals surface area contributed by atoms with Crippen LogP contribution >= 0.6 is 0 Å². The van der Waals surface area contributed by atoms with E-state index in [2.05, 4.69) is 5.32 Å². The van der Waals surface area contributed by atoms with Crippen LogP contribution in [-0.2, 0) is 30.7 Å². The Morgan fingerprint density at radius 3 is 2.47 bits per heavy atom. The lowest BCUT2D eigenvalue weighted by atomic mass is 10.0. The summed E-state index contributed by atoms with van der Waals surface area (Å²) in [5.41, 5.74) is 7.05. The molecule has 3 rings (SSSR count). The van der Waals surface area contributed by atoms with Crippen molar-refractivity contribution in [2.45, 2.75) is 63.0 Å². The number of nitrogens with two attached hydrogens (primary N) is 1. The molecule has 1 saturated heterocycles. The lowest BCUT2D eigenvalue weighted by molar-refractivity contribution is -0.106. The van der Waals surface area contributed by atoms with Gasteiger partial charge in [-0.2, -0.15) is 4.31 Å². The molecule has 2 aromatic rings. The summed E-state index contributed by atoms with van der Waals surface area (Å²) in [7, 11) is -3.93. The topological polar surface area (TPSA) is 140 Å². The molecule has 0 saturated carbocycles. The van der Waals surface area contributed by atoms with Crippen molar-refractivity contribution >= 4 is 21.8 Å². The largest absolute Gasteiger partial charge is 0.444 e. The second kappa shape index (κ2) is 13.9. The Balaban J connectivity index is 1.76. The third-order valence-electron chi connectivity index (χ3n) is 6.09. The van der Waals surface area contributed by atoms with Gasteiger partial charge >= 0.3 is 6.09 Å². The molecule has 1 aliphatic rings. The van der Waals surface area contributed by atoms with Gasteiger partial charge < -0.3 is 30.4 Å². The van der Waals surface area contributed by atoms with Gasteiger partial charge in [0.2, 0.25) is 10.0 Å². The van der Waals surface area contributed by atoms with Crippen molar-refractivity contribution in [1.82, 2.24) is 9.62 Å². The van der Waals surface area contributed by atoms with E-state index in [-0.39, 0.29) is 36.9 Å². The molecule has 2 aromatic carbocycles. The van der Waals surface area contributed by atoms with Crippen LogP contribution in [0.5, 0.6) is 0 Å². The first-order valence-corrected chi connectivity index (χ1v) is 14.3. The molecule has 210 valence electrons. The minimum atomic E-state index is -3.93. The molecule has 1 heterocycles. The van der Waals surface area contributed by atoms with E-state index < -0.39 is 40.7 Å². The maximum Gasteiger partial charge on any atom is 0.407 e. The molecule has 11 heteroatoms. The average Bonchev–Trinajstić information content (AvgIpc) is 3.30. The Morgan fingerprint density at radius 1 is 1.16 bits per heavy atom. The second-order valence-electron chi connectivity index (χ2n) is 9.77. The highest BCUT2D eigenvalue weighted by molar-refractivity contribution is 7.89. The first kappa shape index (κ1) is 29.9. The van der Waals surface area contributed by atoms with Gasteiger partial charge in [-0.05, 0) is 49.1 Å². The number of hydrogen-bond acceptors (Lipinski definition) is 8. The quantitative estimate of drug-likeness (QED) is 0.324. The lowest BCUT2D eigenvalue weighted by Crippen LogP contribution is -2.51. The first-order chi connectivity index (χ1) is 18.1. The highest BCUT2D eigenvalue weighted by atomic mass is 32.2. The van der Waals surface area contributed by atoms with Crippen molar-refractivity contribution in [3.8, 4) is 0 Å². The Morgan fingerprint density at radius 2 is 1.84 bits per heavy atom. The van der Waals surface area contributed by atoms with Crippen molar-refractivity contribution in [3.05, 3.63) is 60.2 Å². The highest BCUT2D eigenvalue weighted by Gasteiger charge is 2.33. The van der Waals surface area contributed by atoms with Gasteiger partial charge in [0.25, 0.3) is 0 Å². The fourth-order valence-corrected chi connectivity index (χ4v) is 5.86. The summed E-state index contributed by atoms with van der Waals surface area (Å²) in [6, 6.07) is 14.5. The van der Waals surface area contributed by atoms with Gasteiger partial charge in [0.15, 0.2) is 6.29 Å². The molecule has 38 heavy (non-hydrogen) atoms. The zero-order chi connectivity index (χ0) is 27.7. The van der Waals surface area contributed by atoms with Gasteiger partial charge in [-0.3, -0.25) is 0 Å². The van der Waals surface area contributed by atoms with Gasteiger partial charge in [-0.25, -0.2) is 13.2 Å². The van der Waals surface area contributed by atoms with Crippen molar-refractivity contribution < 1.29 is 32.5 Å². The van der Waals surface area contributed by atoms with Crippen LogP contribution in [0.2, 0.25) is 0 Å². The van der Waals surface area contributed by atoms with Crippen LogP contribution in [0, 0.1) is 5.92 Å². The van der Waals surface area contributed by atoms with Gasteiger partial charge in [-0.1, -0.05) is 44.2 Å². The summed E-state index contributed by atoms with van der Waals surface area (Å²) in [6.45, 7) is 6.32. The van der Waals surface area contributed by atoms with E-state index in [0.29, 0.717) is 18.7 Å². The summed E-state index contributed by atoms with van der Waals surface area (Å²) < 4.78 is 44.6. The zero-order valence-corrected chi connectivity index (χ0v) is 23.0. The van der Waals surface area contributed by atoms with Gasteiger partial charge in [0.05, 0.1) is 23.6 Å². The summed E-state index contributed by atoms with van der Waals surface area (Å²) in [4.78, 5) is 12.9. The number of nitrogen functional groups attached to an aromatic ring is 1. The molecule has 1 aliphatic heterocycles. The molecule has 0 radical (unpaired) electrons. The standard InChI is InChI=1S/C27H39N3O7S/c1-4-35-26-15-22(18-36-26)37-27(32)29-24(14-20-8-6-5-7-9-20)25(31)17-30(16-19(2)3)38(33,34)23-12-10-21(28)11-13-23/h5-13,19,22,24-26,31H,4,14-18,28H2,1-3H3,(H,29,32)/t22-,24+,25-,26-/m1/s1. The SMILES string of the molecule is CCO[C@H]1C[C@@H](OC(=O)N[C@@H](Cc2ccccc2)[C@H](O)CN(CC(C)C)S(=O)(=O)c2ccc(N)cc2)CO1. The number of ether oxygens (including phenoxy) is 3. The van der Waals surface area contributed by atoms with E-state index >= 15 is 0 Å². The summed E-state index contributed by atoms with van der Waals surface area (Å²) in [5.74, 6) is -0.00286. The molecule has 4 N–H and O–H groups in total. The van der Waals surface area contributed by atoms with E-state index in [1.54, 1.807) is 0 Å². The van der Waals surface area contributed by atoms with Crippen molar-refractivity contribution in [2.24, 2.45) is 5.92 Å². The molecule has 1 fully saturated rings. The number of rotatable bonds is 13. The molecule has 4 atom stereocenters. The Labute approximate surface area is 225 Å². The average molecular weight is 550 g/mol. The minimum absolute atomic E-state index is 0.00286. The summed E-state index contributed by atoms with van der Waals surface area (Å²) >= 11 is 0. The van der Waals surface area contributed by atoms with E-state index in [1.165, 1.54) is 28.6 Å². The van der Waals surface area contributed by atoms with E-state index in [9.17, 15) is 18.3 Å². The fraction of sp³-hybridized carbons (Fsp3) is 0.519. The van der Waals surface area contributed by atoms with Crippen molar-refractivity contribution in [1.29, 1.82) is 0 Å². The van der Waals surface area contributed by atoms with Crippen LogP contribution in [0.4, 0.5) is 10.5 Å². The minimum Gasteiger partial charge on any atom is -0.444 e. The molecule has 0 bridgehead atoms. The fourth-order valence-electron chi connectivity index (χ4n) is 4.24. The van der Waals surface area contributed by atoms with Crippen LogP contribution < -0.4 is 11.1 Å². The van der Waals surface area contributed by atoms with Crippen molar-refractivity contribution in [2.75, 3.05) is 32.0 Å². The number of benzene rings is 2. The van der Waals surface area contributed by atoms with E-state index in [0.717, 1.165) is 5.56 Å². The third kappa shape index (κ3) is 8.67. The molecule has 0 aromatic heterocycles. The number of anilines is 1. The van der Waals surface area contributed by atoms with Crippen LogP contribution in [0.25, 0.3) is 0 Å². The van der Waals surface area contributed by atoms with Crippen LogP contribution in [0.15, 0.2) is 59.5 Å². The van der Waals surface area contributed by atoms with Gasteiger partial charge in [0.1, 0.15) is 6.10 Å². The Bertz CT molecular complexity index is 1110. The smallest absolute Gasteiger partial charge is 0.407 e. The predicted octanol–water partition coefficient (Wildman–Crippen LogP) is 2.77. The monoisotopic (exact) mass is 549 g/mol. The Hall–Kier alpha value is -2.70. The number of nitrogens with one attached hydrogen (secondary N) is 1. The third-order valence-corrected chi connectivity index (χ3v) is 7.94. The molecular formula is C27H39N3O7S. The molecular weight excluding hydrogens is 510 g/mol. The Kier molecular flexibility index (Phi) is 10.9. The number of carbonyl (C=O) groups excluding carboxylic acids is 1. The number of amides is 1. The molecule has 10 nitrogen and oxygen atoms in total. The zero-order valence-electron chi connectivity index (χ0n) is 22.2. The van der Waals surface area contributed by atoms with Gasteiger partial charge in [-0.15, -0.1) is 0 Å². The molecule has 0 unspecified atom stereocenters. The lowest BCUT2D eigenvalue weighted by Gasteiger charge is -2.30. The van der Waals surface area contributed by atoms with Crippen LogP contribution in [0.3, 0.4) is 0 Å². The van der Waals surface area contributed by atoms with Gasteiger partial charge in [0, 0.05) is 31.8 Å². The first-order valence-electron chi connectivity index (χ1n) is 12.9. The highest BCUT2D eigenvalue weighted by Crippen LogP contribution is 2.21. The number of carbonyl (C=O) groups is 1. The maximum absolute atomic E-state index is 13.5. The van der Waals surface area contributed by atoms with E-state index in [1.807, 2.05) is 51.1 Å². The van der Waals surface area contributed by atoms with E-state index in [4.69, 9.17) is 19.9 Å². The number of alkyl carbamates (subject to hydrolysis) is 1. The number of hydrogen-bond donors (Lipinski definition) is 3. The summed E-state index contributed by atoms with van der Waals surface area (Å²) in [5, 5.41) is 14.0. The number of nitrogens with zero attached hydrogens (tertiary/aromatic N) is 1. The van der Waals surface area contributed by atoms with Crippen molar-refractivity contribution in [3.63, 3.8) is 0 Å². The second-order valence-corrected chi connectivity index (χ2v) is 11.7. The van der Waals surface area contributed by atoms with Crippen LogP contribution in [0.1, 0.15) is 32.8 Å². The maximum atomic E-state index is 13.5.